The fraction of sp³-hybridized carbons (Fsp3) is 0.533. The van der Waals surface area contributed by atoms with E-state index in [0.29, 0.717) is 39.5 Å². The highest BCUT2D eigenvalue weighted by atomic mass is 35.5. The van der Waals surface area contributed by atoms with E-state index >= 15 is 0 Å². The number of methoxy groups -OCH3 is 1. The summed E-state index contributed by atoms with van der Waals surface area (Å²) in [5.74, 6) is 0.735. The number of amides is 1. The molecule has 1 aliphatic heterocycles. The molecule has 2 N–H and O–H groups in total. The van der Waals surface area contributed by atoms with Gasteiger partial charge in [0.15, 0.2) is 0 Å². The molecular weight excluding hydrogens is 308 g/mol. The van der Waals surface area contributed by atoms with Crippen LogP contribution in [0, 0.1) is 0 Å². The Morgan fingerprint density at radius 1 is 1.45 bits per heavy atom. The minimum absolute atomic E-state index is 0. The van der Waals surface area contributed by atoms with Crippen LogP contribution in [0.15, 0.2) is 24.3 Å². The van der Waals surface area contributed by atoms with E-state index in [4.69, 9.17) is 14.2 Å². The van der Waals surface area contributed by atoms with E-state index in [1.54, 1.807) is 7.11 Å². The normalized spacial score (nSPS) is 17.4. The van der Waals surface area contributed by atoms with Crippen LogP contribution in [-0.2, 0) is 20.8 Å². The molecule has 0 saturated carbocycles. The van der Waals surface area contributed by atoms with Crippen LogP contribution in [0.1, 0.15) is 5.56 Å². The summed E-state index contributed by atoms with van der Waals surface area (Å²) in [5, 5.41) is 6.03. The van der Waals surface area contributed by atoms with Gasteiger partial charge in [0.25, 0.3) is 0 Å². The van der Waals surface area contributed by atoms with Crippen molar-refractivity contribution in [3.8, 4) is 5.75 Å². The van der Waals surface area contributed by atoms with Gasteiger partial charge < -0.3 is 24.8 Å². The Kier molecular flexibility index (Phi) is 8.84. The Hall–Kier alpha value is -1.34. The van der Waals surface area contributed by atoms with Crippen molar-refractivity contribution in [2.75, 3.05) is 40.1 Å². The minimum Gasteiger partial charge on any atom is -0.491 e. The molecule has 1 aromatic carbocycles. The summed E-state index contributed by atoms with van der Waals surface area (Å²) in [7, 11) is 1.64. The number of carbonyl (C=O) groups is 1. The molecule has 0 spiro atoms. The third kappa shape index (κ3) is 6.19. The average molecular weight is 331 g/mol. The van der Waals surface area contributed by atoms with Crippen molar-refractivity contribution in [2.24, 2.45) is 0 Å². The van der Waals surface area contributed by atoms with E-state index in [1.807, 2.05) is 24.3 Å². The molecule has 1 aliphatic rings. The van der Waals surface area contributed by atoms with Gasteiger partial charge in [0, 0.05) is 20.2 Å². The maximum absolute atomic E-state index is 12.0. The zero-order valence-corrected chi connectivity index (χ0v) is 13.5. The van der Waals surface area contributed by atoms with Gasteiger partial charge in [0.05, 0.1) is 19.8 Å². The SMILES string of the molecule is COCCOc1cccc(CNC(=O)C2COCCN2)c1.Cl. The Morgan fingerprint density at radius 2 is 2.32 bits per heavy atom. The van der Waals surface area contributed by atoms with Crippen LogP contribution >= 0.6 is 12.4 Å². The molecule has 1 unspecified atom stereocenters. The zero-order chi connectivity index (χ0) is 14.9. The lowest BCUT2D eigenvalue weighted by Gasteiger charge is -2.22. The van der Waals surface area contributed by atoms with Gasteiger partial charge in [-0.1, -0.05) is 12.1 Å². The van der Waals surface area contributed by atoms with Crippen molar-refractivity contribution < 1.29 is 19.0 Å². The highest BCUT2D eigenvalue weighted by molar-refractivity contribution is 5.85. The Morgan fingerprint density at radius 3 is 3.05 bits per heavy atom. The molecule has 1 atom stereocenters. The Bertz CT molecular complexity index is 453. The first kappa shape index (κ1) is 18.7. The fourth-order valence-corrected chi connectivity index (χ4v) is 2.03. The average Bonchev–Trinajstić information content (AvgIpc) is 2.54. The minimum atomic E-state index is -0.264. The molecule has 2 rings (SSSR count). The van der Waals surface area contributed by atoms with Crippen molar-refractivity contribution in [1.82, 2.24) is 10.6 Å². The summed E-state index contributed by atoms with van der Waals surface area (Å²) in [6.45, 7) is 3.32. The largest absolute Gasteiger partial charge is 0.491 e. The number of benzene rings is 1. The summed E-state index contributed by atoms with van der Waals surface area (Å²) in [5.41, 5.74) is 0.995. The molecule has 0 aromatic heterocycles. The molecule has 124 valence electrons. The number of halogens is 1. The maximum atomic E-state index is 12.0. The molecule has 1 fully saturated rings. The Balaban J connectivity index is 0.00000242. The van der Waals surface area contributed by atoms with Gasteiger partial charge >= 0.3 is 0 Å². The first-order valence-electron chi connectivity index (χ1n) is 7.09. The van der Waals surface area contributed by atoms with Crippen LogP contribution in [0.4, 0.5) is 0 Å². The summed E-state index contributed by atoms with van der Waals surface area (Å²) in [4.78, 5) is 12.0. The van der Waals surface area contributed by atoms with E-state index in [9.17, 15) is 4.79 Å². The molecule has 0 radical (unpaired) electrons. The fourth-order valence-electron chi connectivity index (χ4n) is 2.03. The number of morpholine rings is 1. The molecule has 7 heteroatoms. The van der Waals surface area contributed by atoms with Crippen LogP contribution in [-0.4, -0.2) is 52.0 Å². The van der Waals surface area contributed by atoms with Crippen LogP contribution in [0.3, 0.4) is 0 Å². The number of rotatable bonds is 7. The molecule has 6 nitrogen and oxygen atoms in total. The summed E-state index contributed by atoms with van der Waals surface area (Å²) >= 11 is 0. The van der Waals surface area contributed by atoms with Crippen molar-refractivity contribution in [1.29, 1.82) is 0 Å². The smallest absolute Gasteiger partial charge is 0.239 e. The van der Waals surface area contributed by atoms with Crippen LogP contribution in [0.2, 0.25) is 0 Å². The summed E-state index contributed by atoms with van der Waals surface area (Å²) in [6, 6.07) is 7.40. The van der Waals surface area contributed by atoms with Gasteiger partial charge in [-0.05, 0) is 17.7 Å². The molecule has 0 bridgehead atoms. The molecule has 1 saturated heterocycles. The van der Waals surface area contributed by atoms with Crippen LogP contribution < -0.4 is 15.4 Å². The third-order valence-corrected chi connectivity index (χ3v) is 3.16. The highest BCUT2D eigenvalue weighted by Crippen LogP contribution is 2.13. The highest BCUT2D eigenvalue weighted by Gasteiger charge is 2.20. The molecule has 0 aliphatic carbocycles. The second-order valence-electron chi connectivity index (χ2n) is 4.79. The van der Waals surface area contributed by atoms with Crippen molar-refractivity contribution in [3.05, 3.63) is 29.8 Å². The number of hydrogen-bond acceptors (Lipinski definition) is 5. The number of hydrogen-bond donors (Lipinski definition) is 2. The second-order valence-corrected chi connectivity index (χ2v) is 4.79. The van der Waals surface area contributed by atoms with E-state index in [-0.39, 0.29) is 24.4 Å². The quantitative estimate of drug-likeness (QED) is 0.722. The monoisotopic (exact) mass is 330 g/mol. The standard InChI is InChI=1S/C15H22N2O4.ClH/c1-19-7-8-21-13-4-2-3-12(9-13)10-17-15(18)14-11-20-6-5-16-14;/h2-4,9,14,16H,5-8,10-11H2,1H3,(H,17,18);1H. The topological polar surface area (TPSA) is 68.8 Å². The Labute approximate surface area is 136 Å². The lowest BCUT2D eigenvalue weighted by molar-refractivity contribution is -0.126. The predicted molar refractivity (Wildman–Crippen MR) is 85.5 cm³/mol. The molecular formula is C15H23ClN2O4. The third-order valence-electron chi connectivity index (χ3n) is 3.16. The van der Waals surface area contributed by atoms with E-state index in [0.717, 1.165) is 11.3 Å². The van der Waals surface area contributed by atoms with Crippen LogP contribution in [0.5, 0.6) is 5.75 Å². The van der Waals surface area contributed by atoms with Gasteiger partial charge in [-0.15, -0.1) is 12.4 Å². The van der Waals surface area contributed by atoms with Gasteiger partial charge in [-0.2, -0.15) is 0 Å². The summed E-state index contributed by atoms with van der Waals surface area (Å²) in [6.07, 6.45) is 0. The van der Waals surface area contributed by atoms with Gasteiger partial charge in [0.1, 0.15) is 18.4 Å². The van der Waals surface area contributed by atoms with Crippen molar-refractivity contribution >= 4 is 18.3 Å². The first-order chi connectivity index (χ1) is 10.3. The molecule has 22 heavy (non-hydrogen) atoms. The molecule has 1 heterocycles. The number of ether oxygens (including phenoxy) is 3. The number of carbonyl (C=O) groups excluding carboxylic acids is 1. The van der Waals surface area contributed by atoms with E-state index in [2.05, 4.69) is 10.6 Å². The molecule has 1 aromatic rings. The van der Waals surface area contributed by atoms with Gasteiger partial charge in [0.2, 0.25) is 5.91 Å². The summed E-state index contributed by atoms with van der Waals surface area (Å²) < 4.78 is 15.8. The second kappa shape index (κ2) is 10.4. The maximum Gasteiger partial charge on any atom is 0.239 e. The van der Waals surface area contributed by atoms with Gasteiger partial charge in [-0.25, -0.2) is 0 Å². The number of nitrogens with one attached hydrogen (secondary N) is 2. The van der Waals surface area contributed by atoms with Crippen LogP contribution in [0.25, 0.3) is 0 Å². The van der Waals surface area contributed by atoms with Gasteiger partial charge in [-0.3, -0.25) is 4.79 Å². The van der Waals surface area contributed by atoms with E-state index in [1.165, 1.54) is 0 Å². The van der Waals surface area contributed by atoms with Crippen molar-refractivity contribution in [3.63, 3.8) is 0 Å². The van der Waals surface area contributed by atoms with E-state index < -0.39 is 0 Å². The van der Waals surface area contributed by atoms with Crippen molar-refractivity contribution in [2.45, 2.75) is 12.6 Å². The molecule has 1 amide bonds. The lowest BCUT2D eigenvalue weighted by atomic mass is 10.2. The zero-order valence-electron chi connectivity index (χ0n) is 12.7. The first-order valence-corrected chi connectivity index (χ1v) is 7.09. The predicted octanol–water partition coefficient (Wildman–Crippen LogP) is 0.738. The lowest BCUT2D eigenvalue weighted by Crippen LogP contribution is -2.51.